The Balaban J connectivity index is 2.08. The lowest BCUT2D eigenvalue weighted by atomic mass is 10.1. The van der Waals surface area contributed by atoms with Gasteiger partial charge in [-0.3, -0.25) is 4.79 Å². The standard InChI is InChI=1S/C9H18N2O/c1-10-2-5-11(6-3-10,7-4-10)8-9-12/h9H,2-8H2,1H3/q+2. The highest BCUT2D eigenvalue weighted by Crippen LogP contribution is 2.23. The maximum absolute atomic E-state index is 10.5. The Labute approximate surface area is 73.7 Å². The number of aldehydes is 1. The van der Waals surface area contributed by atoms with Crippen LogP contribution in [0, 0.1) is 0 Å². The summed E-state index contributed by atoms with van der Waals surface area (Å²) < 4.78 is 2.33. The molecular formula is C9H18N2O+2. The molecule has 0 aromatic carbocycles. The van der Waals surface area contributed by atoms with Gasteiger partial charge in [-0.05, 0) is 0 Å². The first kappa shape index (κ1) is 8.20. The van der Waals surface area contributed by atoms with Crippen LogP contribution in [0.1, 0.15) is 0 Å². The molecule has 0 N–H and O–H groups in total. The molecule has 3 fully saturated rings. The third-order valence-corrected chi connectivity index (χ3v) is 3.80. The Morgan fingerprint density at radius 1 is 1.08 bits per heavy atom. The third-order valence-electron chi connectivity index (χ3n) is 3.80. The van der Waals surface area contributed by atoms with E-state index in [1.165, 1.54) is 43.8 Å². The molecule has 0 aromatic heterocycles. The van der Waals surface area contributed by atoms with Crippen LogP contribution in [-0.2, 0) is 4.79 Å². The van der Waals surface area contributed by atoms with E-state index in [0.29, 0.717) is 0 Å². The van der Waals surface area contributed by atoms with Crippen molar-refractivity contribution in [2.24, 2.45) is 0 Å². The highest BCUT2D eigenvalue weighted by Gasteiger charge is 2.46. The molecule has 2 bridgehead atoms. The minimum atomic E-state index is 0.750. The van der Waals surface area contributed by atoms with Crippen molar-refractivity contribution in [1.82, 2.24) is 0 Å². The van der Waals surface area contributed by atoms with Gasteiger partial charge in [0, 0.05) is 0 Å². The summed E-state index contributed by atoms with van der Waals surface area (Å²) in [7, 11) is 2.34. The summed E-state index contributed by atoms with van der Waals surface area (Å²) in [5, 5.41) is 0. The van der Waals surface area contributed by atoms with Crippen molar-refractivity contribution in [2.45, 2.75) is 0 Å². The molecular weight excluding hydrogens is 152 g/mol. The van der Waals surface area contributed by atoms with Crippen LogP contribution in [0.3, 0.4) is 0 Å². The molecule has 12 heavy (non-hydrogen) atoms. The molecule has 0 radical (unpaired) electrons. The zero-order chi connectivity index (χ0) is 8.66. The van der Waals surface area contributed by atoms with Crippen LogP contribution < -0.4 is 0 Å². The first-order chi connectivity index (χ1) is 5.68. The normalized spacial score (nSPS) is 46.1. The second kappa shape index (κ2) is 2.54. The number of hydrogen-bond donors (Lipinski definition) is 0. The van der Waals surface area contributed by atoms with Crippen LogP contribution in [0.2, 0.25) is 0 Å². The number of piperazine rings is 3. The van der Waals surface area contributed by atoms with Gasteiger partial charge in [-0.1, -0.05) is 0 Å². The SMILES string of the molecule is C[N+]12CC[N+](CC=O)(CC1)CC2. The molecule has 0 aromatic rings. The first-order valence-corrected chi connectivity index (χ1v) is 4.80. The molecule has 3 heteroatoms. The average Bonchev–Trinajstić information content (AvgIpc) is 2.08. The molecule has 68 valence electrons. The van der Waals surface area contributed by atoms with Crippen LogP contribution in [0.15, 0.2) is 0 Å². The van der Waals surface area contributed by atoms with Crippen molar-refractivity contribution in [3.63, 3.8) is 0 Å². The average molecular weight is 170 g/mol. The maximum Gasteiger partial charge on any atom is 0.174 e. The fourth-order valence-corrected chi connectivity index (χ4v) is 2.46. The summed E-state index contributed by atoms with van der Waals surface area (Å²) in [5.41, 5.74) is 0. The number of nitrogens with zero attached hydrogens (tertiary/aromatic N) is 2. The van der Waals surface area contributed by atoms with Crippen LogP contribution in [0.4, 0.5) is 0 Å². The van der Waals surface area contributed by atoms with Crippen molar-refractivity contribution >= 4 is 6.29 Å². The van der Waals surface area contributed by atoms with Crippen LogP contribution >= 0.6 is 0 Å². The van der Waals surface area contributed by atoms with E-state index in [1.807, 2.05) is 0 Å². The van der Waals surface area contributed by atoms with Gasteiger partial charge in [-0.15, -0.1) is 0 Å². The molecule has 3 nitrogen and oxygen atoms in total. The fraction of sp³-hybridized carbons (Fsp3) is 0.889. The zero-order valence-corrected chi connectivity index (χ0v) is 7.83. The lowest BCUT2D eigenvalue weighted by molar-refractivity contribution is -1.07. The lowest BCUT2D eigenvalue weighted by Crippen LogP contribution is -2.73. The largest absolute Gasteiger partial charge is 0.312 e. The second-order valence-electron chi connectivity index (χ2n) is 4.65. The minimum absolute atomic E-state index is 0.750. The Bertz CT molecular complexity index is 178. The predicted molar refractivity (Wildman–Crippen MR) is 46.6 cm³/mol. The second-order valence-corrected chi connectivity index (χ2v) is 4.65. The number of rotatable bonds is 2. The van der Waals surface area contributed by atoms with E-state index in [4.69, 9.17) is 0 Å². The van der Waals surface area contributed by atoms with Crippen molar-refractivity contribution in [2.75, 3.05) is 52.9 Å². The van der Waals surface area contributed by atoms with Crippen molar-refractivity contribution in [1.29, 1.82) is 0 Å². The number of carbonyl (C=O) groups excluding carboxylic acids is 1. The highest BCUT2D eigenvalue weighted by atomic mass is 16.1. The fourth-order valence-electron chi connectivity index (χ4n) is 2.46. The summed E-state index contributed by atoms with van der Waals surface area (Å²) >= 11 is 0. The van der Waals surface area contributed by atoms with E-state index in [0.717, 1.165) is 17.3 Å². The number of fused-ring (bicyclic) bond motifs is 3. The van der Waals surface area contributed by atoms with Gasteiger partial charge >= 0.3 is 0 Å². The molecule has 3 rings (SSSR count). The minimum Gasteiger partial charge on any atom is -0.312 e. The van der Waals surface area contributed by atoms with Gasteiger partial charge in [0.15, 0.2) is 6.29 Å². The molecule has 0 aliphatic carbocycles. The van der Waals surface area contributed by atoms with Crippen molar-refractivity contribution < 1.29 is 13.8 Å². The topological polar surface area (TPSA) is 17.1 Å². The van der Waals surface area contributed by atoms with E-state index in [9.17, 15) is 4.79 Å². The monoisotopic (exact) mass is 170 g/mol. The summed E-state index contributed by atoms with van der Waals surface area (Å²) in [5.74, 6) is 0. The maximum atomic E-state index is 10.5. The van der Waals surface area contributed by atoms with E-state index < -0.39 is 0 Å². The predicted octanol–water partition coefficient (Wildman–Crippen LogP) is -0.524. The summed E-state index contributed by atoms with van der Waals surface area (Å²) in [6, 6.07) is 0. The van der Waals surface area contributed by atoms with Crippen molar-refractivity contribution in [3.05, 3.63) is 0 Å². The Morgan fingerprint density at radius 3 is 2.00 bits per heavy atom. The van der Waals surface area contributed by atoms with Gasteiger partial charge in [0.2, 0.25) is 0 Å². The molecule has 3 aliphatic heterocycles. The quantitative estimate of drug-likeness (QED) is 0.402. The molecule has 0 amide bonds. The van der Waals surface area contributed by atoms with E-state index in [-0.39, 0.29) is 0 Å². The highest BCUT2D eigenvalue weighted by molar-refractivity contribution is 5.50. The van der Waals surface area contributed by atoms with Gasteiger partial charge in [0.1, 0.15) is 45.8 Å². The molecule has 3 heterocycles. The summed E-state index contributed by atoms with van der Waals surface area (Å²) in [6.45, 7) is 8.22. The van der Waals surface area contributed by atoms with Crippen molar-refractivity contribution in [3.8, 4) is 0 Å². The van der Waals surface area contributed by atoms with E-state index >= 15 is 0 Å². The number of hydrogen-bond acceptors (Lipinski definition) is 1. The van der Waals surface area contributed by atoms with Gasteiger partial charge in [-0.25, -0.2) is 0 Å². The molecule has 0 saturated carbocycles. The van der Waals surface area contributed by atoms with Crippen LogP contribution in [0.5, 0.6) is 0 Å². The Hall–Kier alpha value is -0.410. The lowest BCUT2D eigenvalue weighted by Gasteiger charge is -2.53. The van der Waals surface area contributed by atoms with Gasteiger partial charge in [0.25, 0.3) is 0 Å². The van der Waals surface area contributed by atoms with E-state index in [1.54, 1.807) is 0 Å². The number of likely N-dealkylation sites (N-methyl/N-ethyl adjacent to an activating group) is 1. The summed E-state index contributed by atoms with van der Waals surface area (Å²) in [4.78, 5) is 10.5. The zero-order valence-electron chi connectivity index (χ0n) is 7.83. The van der Waals surface area contributed by atoms with Gasteiger partial charge in [-0.2, -0.15) is 0 Å². The molecule has 3 aliphatic rings. The molecule has 0 unspecified atom stereocenters. The Kier molecular flexibility index (Phi) is 1.73. The van der Waals surface area contributed by atoms with Gasteiger partial charge < -0.3 is 8.97 Å². The van der Waals surface area contributed by atoms with E-state index in [2.05, 4.69) is 7.05 Å². The molecule has 3 saturated heterocycles. The third kappa shape index (κ3) is 1.17. The first-order valence-electron chi connectivity index (χ1n) is 4.80. The molecule has 0 atom stereocenters. The van der Waals surface area contributed by atoms with Crippen LogP contribution in [0.25, 0.3) is 0 Å². The Morgan fingerprint density at radius 2 is 1.58 bits per heavy atom. The number of quaternary nitrogens is 2. The number of carbonyl (C=O) groups is 1. The molecule has 0 spiro atoms. The smallest absolute Gasteiger partial charge is 0.174 e. The van der Waals surface area contributed by atoms with Gasteiger partial charge in [0.05, 0.1) is 7.05 Å². The van der Waals surface area contributed by atoms with Crippen LogP contribution in [-0.4, -0.2) is 68.1 Å². The summed E-state index contributed by atoms with van der Waals surface area (Å²) in [6.07, 6.45) is 1.10.